The Balaban J connectivity index is 3.31. The van der Waals surface area contributed by atoms with E-state index in [0.29, 0.717) is 0 Å². The van der Waals surface area contributed by atoms with Gasteiger partial charge >= 0.3 is 5.97 Å². The maximum Gasteiger partial charge on any atom is 0.340 e. The van der Waals surface area contributed by atoms with Crippen LogP contribution >= 0.6 is 0 Å². The Morgan fingerprint density at radius 3 is 2.33 bits per heavy atom. The predicted octanol–water partition coefficient (Wildman–Crippen LogP) is 0.995. The average Bonchev–Trinajstić information content (AvgIpc) is 2.12. The van der Waals surface area contributed by atoms with Crippen LogP contribution in [0.2, 0.25) is 0 Å². The van der Waals surface area contributed by atoms with Crippen molar-refractivity contribution < 1.29 is 23.1 Å². The standard InChI is InChI=1S/C11H15NO5S/c1-11(2,3)17-10(14)8-6-7(13)4-5-9(8)18(12,15)16/h4-6,13H,1-3H3,(H2,12,15,16). The molecule has 1 aromatic rings. The molecule has 0 heterocycles. The number of ether oxygens (including phenoxy) is 1. The van der Waals surface area contributed by atoms with Crippen LogP contribution in [0.1, 0.15) is 31.1 Å². The van der Waals surface area contributed by atoms with Crippen molar-refractivity contribution in [3.63, 3.8) is 0 Å². The molecule has 0 spiro atoms. The molecule has 6 nitrogen and oxygen atoms in total. The van der Waals surface area contributed by atoms with Gasteiger partial charge in [-0.05, 0) is 39.0 Å². The summed E-state index contributed by atoms with van der Waals surface area (Å²) >= 11 is 0. The number of rotatable bonds is 2. The second-order valence-electron chi connectivity index (χ2n) is 4.73. The number of hydrogen-bond acceptors (Lipinski definition) is 5. The molecule has 0 radical (unpaired) electrons. The first-order valence-electron chi connectivity index (χ1n) is 5.10. The van der Waals surface area contributed by atoms with Crippen molar-refractivity contribution in [1.29, 1.82) is 0 Å². The third-order valence-corrected chi connectivity index (χ3v) is 2.86. The molecule has 3 N–H and O–H groups in total. The van der Waals surface area contributed by atoms with Crippen molar-refractivity contribution in [2.75, 3.05) is 0 Å². The van der Waals surface area contributed by atoms with Gasteiger partial charge in [0.15, 0.2) is 0 Å². The Kier molecular flexibility index (Phi) is 3.68. The van der Waals surface area contributed by atoms with Gasteiger partial charge < -0.3 is 9.84 Å². The molecule has 18 heavy (non-hydrogen) atoms. The lowest BCUT2D eigenvalue weighted by Crippen LogP contribution is -2.26. The fraction of sp³-hybridized carbons (Fsp3) is 0.364. The molecule has 7 heteroatoms. The zero-order chi connectivity index (χ0) is 14.1. The van der Waals surface area contributed by atoms with Crippen LogP contribution in [0.4, 0.5) is 0 Å². The quantitative estimate of drug-likeness (QED) is 0.781. The van der Waals surface area contributed by atoms with Crippen LogP contribution in [-0.4, -0.2) is 25.1 Å². The number of carbonyl (C=O) groups is 1. The van der Waals surface area contributed by atoms with Gasteiger partial charge in [0.1, 0.15) is 11.4 Å². The van der Waals surface area contributed by atoms with E-state index in [9.17, 15) is 18.3 Å². The summed E-state index contributed by atoms with van der Waals surface area (Å²) in [7, 11) is -4.06. The predicted molar refractivity (Wildman–Crippen MR) is 64.6 cm³/mol. The smallest absolute Gasteiger partial charge is 0.340 e. The summed E-state index contributed by atoms with van der Waals surface area (Å²) in [5, 5.41) is 14.3. The highest BCUT2D eigenvalue weighted by Gasteiger charge is 2.24. The Labute approximate surface area is 105 Å². The maximum atomic E-state index is 11.8. The van der Waals surface area contributed by atoms with E-state index in [0.717, 1.165) is 18.2 Å². The summed E-state index contributed by atoms with van der Waals surface area (Å²) < 4.78 is 27.7. The number of esters is 1. The van der Waals surface area contributed by atoms with Crippen LogP contribution in [0.5, 0.6) is 5.75 Å². The first-order valence-corrected chi connectivity index (χ1v) is 6.64. The molecule has 1 rings (SSSR count). The SMILES string of the molecule is CC(C)(C)OC(=O)c1cc(O)ccc1S(N)(=O)=O. The van der Waals surface area contributed by atoms with Crippen LogP contribution in [-0.2, 0) is 14.8 Å². The highest BCUT2D eigenvalue weighted by molar-refractivity contribution is 7.89. The Morgan fingerprint density at radius 2 is 1.89 bits per heavy atom. The molecule has 0 aromatic heterocycles. The molecule has 0 fully saturated rings. The second-order valence-corrected chi connectivity index (χ2v) is 6.26. The largest absolute Gasteiger partial charge is 0.508 e. The van der Waals surface area contributed by atoms with Crippen molar-refractivity contribution in [1.82, 2.24) is 0 Å². The number of benzene rings is 1. The van der Waals surface area contributed by atoms with Gasteiger partial charge in [-0.1, -0.05) is 0 Å². The minimum Gasteiger partial charge on any atom is -0.508 e. The summed E-state index contributed by atoms with van der Waals surface area (Å²) in [6, 6.07) is 3.20. The monoisotopic (exact) mass is 273 g/mol. The van der Waals surface area contributed by atoms with Crippen molar-refractivity contribution in [2.45, 2.75) is 31.3 Å². The zero-order valence-corrected chi connectivity index (χ0v) is 11.1. The number of primary sulfonamides is 1. The highest BCUT2D eigenvalue weighted by atomic mass is 32.2. The van der Waals surface area contributed by atoms with E-state index >= 15 is 0 Å². The number of phenolic OH excluding ortho intramolecular Hbond substituents is 1. The Morgan fingerprint density at radius 1 is 1.33 bits per heavy atom. The van der Waals surface area contributed by atoms with Crippen molar-refractivity contribution >= 4 is 16.0 Å². The fourth-order valence-corrected chi connectivity index (χ4v) is 1.97. The molecule has 0 unspecified atom stereocenters. The van der Waals surface area contributed by atoms with E-state index in [2.05, 4.69) is 0 Å². The van der Waals surface area contributed by atoms with Gasteiger partial charge in [0.25, 0.3) is 0 Å². The summed E-state index contributed by atoms with van der Waals surface area (Å²) in [6.45, 7) is 4.93. The first kappa shape index (κ1) is 14.5. The van der Waals surface area contributed by atoms with Gasteiger partial charge in [0.2, 0.25) is 10.0 Å². The Hall–Kier alpha value is -1.60. The maximum absolute atomic E-state index is 11.8. The molecule has 1 aromatic carbocycles. The molecule has 0 aliphatic heterocycles. The minimum absolute atomic E-state index is 0.247. The molecule has 0 saturated heterocycles. The van der Waals surface area contributed by atoms with Crippen LogP contribution < -0.4 is 5.14 Å². The number of aromatic hydroxyl groups is 1. The number of nitrogens with two attached hydrogens (primary N) is 1. The van der Waals surface area contributed by atoms with Gasteiger partial charge in [-0.25, -0.2) is 18.4 Å². The number of hydrogen-bond donors (Lipinski definition) is 2. The third kappa shape index (κ3) is 3.71. The van der Waals surface area contributed by atoms with E-state index in [-0.39, 0.29) is 16.2 Å². The third-order valence-electron chi connectivity index (χ3n) is 1.89. The molecule has 0 aliphatic rings. The highest BCUT2D eigenvalue weighted by Crippen LogP contribution is 2.22. The van der Waals surface area contributed by atoms with Crippen LogP contribution in [0.3, 0.4) is 0 Å². The van der Waals surface area contributed by atoms with E-state index < -0.39 is 21.6 Å². The van der Waals surface area contributed by atoms with Gasteiger partial charge in [-0.15, -0.1) is 0 Å². The summed E-state index contributed by atoms with van der Waals surface area (Å²) in [5.74, 6) is -1.11. The number of sulfonamides is 1. The zero-order valence-electron chi connectivity index (χ0n) is 10.3. The lowest BCUT2D eigenvalue weighted by Gasteiger charge is -2.20. The van der Waals surface area contributed by atoms with Crippen molar-refractivity contribution in [3.8, 4) is 5.75 Å². The van der Waals surface area contributed by atoms with Crippen molar-refractivity contribution in [3.05, 3.63) is 23.8 Å². The van der Waals surface area contributed by atoms with Gasteiger partial charge in [-0.3, -0.25) is 0 Å². The van der Waals surface area contributed by atoms with Gasteiger partial charge in [0, 0.05) is 0 Å². The van der Waals surface area contributed by atoms with Crippen LogP contribution in [0.15, 0.2) is 23.1 Å². The van der Waals surface area contributed by atoms with E-state index in [4.69, 9.17) is 9.88 Å². The second kappa shape index (κ2) is 4.58. The van der Waals surface area contributed by atoms with Gasteiger partial charge in [-0.2, -0.15) is 0 Å². The molecule has 0 atom stereocenters. The first-order chi connectivity index (χ1) is 8.00. The lowest BCUT2D eigenvalue weighted by atomic mass is 10.1. The van der Waals surface area contributed by atoms with E-state index in [1.54, 1.807) is 20.8 Å². The van der Waals surface area contributed by atoms with Gasteiger partial charge in [0.05, 0.1) is 10.5 Å². The van der Waals surface area contributed by atoms with Crippen LogP contribution in [0.25, 0.3) is 0 Å². The van der Waals surface area contributed by atoms with E-state index in [1.165, 1.54) is 0 Å². The molecule has 0 saturated carbocycles. The number of phenols is 1. The minimum atomic E-state index is -4.06. The average molecular weight is 273 g/mol. The molecular formula is C11H15NO5S. The summed E-state index contributed by atoms with van der Waals surface area (Å²) in [4.78, 5) is 11.4. The van der Waals surface area contributed by atoms with E-state index in [1.807, 2.05) is 0 Å². The number of carbonyl (C=O) groups excluding carboxylic acids is 1. The van der Waals surface area contributed by atoms with Crippen LogP contribution in [0, 0.1) is 0 Å². The van der Waals surface area contributed by atoms with Crippen molar-refractivity contribution in [2.24, 2.45) is 5.14 Å². The molecule has 100 valence electrons. The normalized spacial score (nSPS) is 12.2. The fourth-order valence-electron chi connectivity index (χ4n) is 1.26. The summed E-state index contributed by atoms with van der Waals surface area (Å²) in [6.07, 6.45) is 0. The molecular weight excluding hydrogens is 258 g/mol. The molecule has 0 amide bonds. The molecule has 0 aliphatic carbocycles. The summed E-state index contributed by atoms with van der Waals surface area (Å²) in [5.41, 5.74) is -1.06. The Bertz CT molecular complexity index is 572. The molecule has 0 bridgehead atoms. The lowest BCUT2D eigenvalue weighted by molar-refractivity contribution is 0.00646. The topological polar surface area (TPSA) is 107 Å².